The number of ether oxygens (including phenoxy) is 2. The van der Waals surface area contributed by atoms with Crippen LogP contribution in [0.5, 0.6) is 17.2 Å². The van der Waals surface area contributed by atoms with Crippen LogP contribution in [0, 0.1) is 0 Å². The van der Waals surface area contributed by atoms with E-state index in [-0.39, 0.29) is 13.0 Å². The highest BCUT2D eigenvalue weighted by atomic mass is 16.7. The van der Waals surface area contributed by atoms with E-state index < -0.39 is 54.6 Å². The van der Waals surface area contributed by atoms with Crippen LogP contribution in [0.4, 0.5) is 0 Å². The molecule has 5 atom stereocenters. The molecule has 0 radical (unpaired) electrons. The molecule has 0 aliphatic carbocycles. The lowest BCUT2D eigenvalue weighted by atomic mass is 9.99. The smallest absolute Gasteiger partial charge is 0.200 e. The topological polar surface area (TPSA) is 160 Å². The number of benzene rings is 1. The molecule has 0 bridgehead atoms. The van der Waals surface area contributed by atoms with Crippen molar-refractivity contribution in [3.05, 3.63) is 17.7 Å². The van der Waals surface area contributed by atoms with Crippen LogP contribution in [-0.4, -0.2) is 79.7 Å². The second kappa shape index (κ2) is 7.30. The van der Waals surface area contributed by atoms with Crippen LogP contribution in [0.3, 0.4) is 0 Å². The van der Waals surface area contributed by atoms with E-state index >= 15 is 0 Å². The lowest BCUT2D eigenvalue weighted by Crippen LogP contribution is -2.59. The number of aliphatic hydroxyl groups excluding tert-OH is 4. The number of aromatic hydroxyl groups is 3. The van der Waals surface area contributed by atoms with Gasteiger partial charge in [0.2, 0.25) is 0 Å². The number of hydrogen-bond donors (Lipinski definition) is 7. The summed E-state index contributed by atoms with van der Waals surface area (Å²) < 4.78 is 10.4. The third-order valence-corrected chi connectivity index (χ3v) is 3.65. The van der Waals surface area contributed by atoms with Gasteiger partial charge in [0.05, 0.1) is 13.2 Å². The number of hydrogen-bond acceptors (Lipinski definition) is 9. The first kappa shape index (κ1) is 17.7. The highest BCUT2D eigenvalue weighted by molar-refractivity contribution is 5.51. The van der Waals surface area contributed by atoms with Gasteiger partial charge in [0.15, 0.2) is 23.5 Å². The zero-order valence-electron chi connectivity index (χ0n) is 12.1. The van der Waals surface area contributed by atoms with Gasteiger partial charge in [-0.25, -0.2) is 0 Å². The summed E-state index contributed by atoms with van der Waals surface area (Å²) in [7, 11) is 0. The summed E-state index contributed by atoms with van der Waals surface area (Å²) in [5.74, 6) is -1.58. The molecule has 1 fully saturated rings. The molecule has 1 aromatic rings. The molecule has 1 aliphatic rings. The minimum Gasteiger partial charge on any atom is -0.504 e. The summed E-state index contributed by atoms with van der Waals surface area (Å²) in [6.07, 6.45) is -6.57. The van der Waals surface area contributed by atoms with Crippen molar-refractivity contribution in [1.29, 1.82) is 0 Å². The van der Waals surface area contributed by atoms with Crippen molar-refractivity contribution < 1.29 is 45.2 Å². The molecular weight excluding hydrogens is 312 g/mol. The van der Waals surface area contributed by atoms with Crippen LogP contribution in [0.1, 0.15) is 5.56 Å². The summed E-state index contributed by atoms with van der Waals surface area (Å²) in [5, 5.41) is 66.1. The Kier molecular flexibility index (Phi) is 5.63. The molecule has 0 amide bonds. The second-order valence-corrected chi connectivity index (χ2v) is 5.30. The van der Waals surface area contributed by atoms with E-state index in [1.54, 1.807) is 0 Å². The first-order chi connectivity index (χ1) is 10.8. The molecule has 2 rings (SSSR count). The molecule has 9 heteroatoms. The van der Waals surface area contributed by atoms with Crippen molar-refractivity contribution in [2.75, 3.05) is 13.2 Å². The van der Waals surface area contributed by atoms with Crippen LogP contribution in [-0.2, 0) is 15.9 Å². The quantitative estimate of drug-likeness (QED) is 0.307. The third-order valence-electron chi connectivity index (χ3n) is 3.65. The lowest BCUT2D eigenvalue weighted by Gasteiger charge is -2.39. The first-order valence-electron chi connectivity index (χ1n) is 7.01. The van der Waals surface area contributed by atoms with Gasteiger partial charge in [-0.1, -0.05) is 0 Å². The van der Waals surface area contributed by atoms with Gasteiger partial charge in [-0.3, -0.25) is 0 Å². The summed E-state index contributed by atoms with van der Waals surface area (Å²) in [6.45, 7) is -0.559. The van der Waals surface area contributed by atoms with Gasteiger partial charge in [0.25, 0.3) is 0 Å². The van der Waals surface area contributed by atoms with E-state index in [2.05, 4.69) is 0 Å². The minimum atomic E-state index is -1.52. The molecule has 9 nitrogen and oxygen atoms in total. The molecule has 1 aliphatic heterocycles. The van der Waals surface area contributed by atoms with Crippen LogP contribution >= 0.6 is 0 Å². The number of phenols is 3. The van der Waals surface area contributed by atoms with Gasteiger partial charge >= 0.3 is 0 Å². The van der Waals surface area contributed by atoms with Crippen molar-refractivity contribution in [1.82, 2.24) is 0 Å². The van der Waals surface area contributed by atoms with Crippen molar-refractivity contribution in [3.8, 4) is 17.2 Å². The first-order valence-corrected chi connectivity index (χ1v) is 7.01. The van der Waals surface area contributed by atoms with Crippen molar-refractivity contribution in [2.24, 2.45) is 0 Å². The molecule has 0 spiro atoms. The predicted molar refractivity (Wildman–Crippen MR) is 74.9 cm³/mol. The molecule has 0 aromatic heterocycles. The largest absolute Gasteiger partial charge is 0.504 e. The van der Waals surface area contributed by atoms with Crippen LogP contribution in [0.15, 0.2) is 12.1 Å². The van der Waals surface area contributed by atoms with Crippen LogP contribution in [0.25, 0.3) is 0 Å². The van der Waals surface area contributed by atoms with E-state index in [4.69, 9.17) is 14.6 Å². The standard InChI is InChI=1S/C14H20O9/c15-5-9-11(19)12(20)13(21)14(23-9)22-2-1-6-3-7(16)10(18)8(17)4-6/h3-4,9,11-21H,1-2,5H2/t9?,11-,12+,13?,14-/m1/s1. The fraction of sp³-hybridized carbons (Fsp3) is 0.571. The Balaban J connectivity index is 1.93. The van der Waals surface area contributed by atoms with Gasteiger partial charge in [0.1, 0.15) is 24.4 Å². The molecule has 1 aromatic carbocycles. The average molecular weight is 332 g/mol. The maximum atomic E-state index is 9.79. The molecule has 1 saturated heterocycles. The van der Waals surface area contributed by atoms with E-state index in [0.717, 1.165) is 0 Å². The third kappa shape index (κ3) is 3.83. The zero-order valence-corrected chi connectivity index (χ0v) is 12.1. The Labute approximate surface area is 131 Å². The summed E-state index contributed by atoms with van der Waals surface area (Å²) in [4.78, 5) is 0. The minimum absolute atomic E-state index is 0.00759. The lowest BCUT2D eigenvalue weighted by molar-refractivity contribution is -0.300. The van der Waals surface area contributed by atoms with Crippen molar-refractivity contribution in [3.63, 3.8) is 0 Å². The van der Waals surface area contributed by atoms with E-state index in [1.807, 2.05) is 0 Å². The van der Waals surface area contributed by atoms with Crippen LogP contribution in [0.2, 0.25) is 0 Å². The predicted octanol–water partition coefficient (Wildman–Crippen LogP) is -1.84. The molecule has 0 saturated carbocycles. The molecule has 2 unspecified atom stereocenters. The Morgan fingerprint density at radius 3 is 2.13 bits per heavy atom. The highest BCUT2D eigenvalue weighted by Crippen LogP contribution is 2.35. The number of aliphatic hydroxyl groups is 4. The fourth-order valence-corrected chi connectivity index (χ4v) is 2.30. The van der Waals surface area contributed by atoms with Gasteiger partial charge in [-0.05, 0) is 24.1 Å². The van der Waals surface area contributed by atoms with Gasteiger partial charge in [0, 0.05) is 0 Å². The summed E-state index contributed by atoms with van der Waals surface area (Å²) in [6, 6.07) is 2.48. The normalized spacial score (nSPS) is 31.2. The second-order valence-electron chi connectivity index (χ2n) is 5.30. The molecule has 130 valence electrons. The van der Waals surface area contributed by atoms with Crippen LogP contribution < -0.4 is 0 Å². The molecular formula is C14H20O9. The van der Waals surface area contributed by atoms with E-state index in [9.17, 15) is 30.6 Å². The zero-order chi connectivity index (χ0) is 17.1. The Morgan fingerprint density at radius 1 is 0.957 bits per heavy atom. The van der Waals surface area contributed by atoms with Crippen molar-refractivity contribution >= 4 is 0 Å². The Bertz CT molecular complexity index is 510. The molecule has 7 N–H and O–H groups in total. The number of rotatable bonds is 5. The maximum Gasteiger partial charge on any atom is 0.200 e. The van der Waals surface area contributed by atoms with Gasteiger partial charge in [-0.2, -0.15) is 0 Å². The Hall–Kier alpha value is -1.62. The van der Waals surface area contributed by atoms with Gasteiger partial charge in [-0.15, -0.1) is 0 Å². The molecule has 1 heterocycles. The summed E-state index contributed by atoms with van der Waals surface area (Å²) in [5.41, 5.74) is 0.461. The van der Waals surface area contributed by atoms with Crippen molar-refractivity contribution in [2.45, 2.75) is 37.1 Å². The fourth-order valence-electron chi connectivity index (χ4n) is 2.30. The Morgan fingerprint density at radius 2 is 1.57 bits per heavy atom. The summed E-state index contributed by atoms with van der Waals surface area (Å²) >= 11 is 0. The van der Waals surface area contributed by atoms with E-state index in [0.29, 0.717) is 5.56 Å². The highest BCUT2D eigenvalue weighted by Gasteiger charge is 2.43. The number of phenolic OH excluding ortho intramolecular Hbond substituents is 3. The molecule has 23 heavy (non-hydrogen) atoms. The van der Waals surface area contributed by atoms with E-state index in [1.165, 1.54) is 12.1 Å². The van der Waals surface area contributed by atoms with Gasteiger partial charge < -0.3 is 45.2 Å². The maximum absolute atomic E-state index is 9.79. The monoisotopic (exact) mass is 332 g/mol. The average Bonchev–Trinajstić information content (AvgIpc) is 2.52. The SMILES string of the molecule is OCC1O[C@@H](OCCc2cc(O)c(O)c(O)c2)C(O)[C@@H](O)[C@@H]1O.